The Morgan fingerprint density at radius 2 is 2.28 bits per heavy atom. The minimum atomic E-state index is -0.199. The minimum Gasteiger partial charge on any atom is -0.451 e. The van der Waals surface area contributed by atoms with Gasteiger partial charge in [-0.15, -0.1) is 0 Å². The minimum absolute atomic E-state index is 0.0521. The fourth-order valence-electron chi connectivity index (χ4n) is 1.81. The Hall–Kier alpha value is -1.33. The van der Waals surface area contributed by atoms with E-state index >= 15 is 0 Å². The van der Waals surface area contributed by atoms with Gasteiger partial charge in [0.25, 0.3) is 5.91 Å². The van der Waals surface area contributed by atoms with Crippen LogP contribution in [0.2, 0.25) is 0 Å². The maximum Gasteiger partial charge on any atom is 0.289 e. The van der Waals surface area contributed by atoms with Gasteiger partial charge in [-0.25, -0.2) is 0 Å². The quantitative estimate of drug-likeness (QED) is 0.944. The summed E-state index contributed by atoms with van der Waals surface area (Å²) in [5.74, 6) is 0.0989. The molecule has 18 heavy (non-hydrogen) atoms. The normalized spacial score (nSPS) is 10.8. The molecule has 0 bridgehead atoms. The monoisotopic (exact) mass is 311 g/mol. The molecule has 2 rings (SSSR count). The van der Waals surface area contributed by atoms with E-state index in [4.69, 9.17) is 9.52 Å². The number of nitrogens with zero attached hydrogens (tertiary/aromatic N) is 1. The average molecular weight is 312 g/mol. The first-order chi connectivity index (χ1) is 8.67. The zero-order valence-electron chi connectivity index (χ0n) is 10.0. The van der Waals surface area contributed by atoms with Gasteiger partial charge in [-0.2, -0.15) is 0 Å². The molecule has 96 valence electrons. The van der Waals surface area contributed by atoms with Crippen molar-refractivity contribution in [3.63, 3.8) is 0 Å². The Bertz CT molecular complexity index is 564. The molecule has 0 radical (unpaired) electrons. The Kier molecular flexibility index (Phi) is 4.04. The Morgan fingerprint density at radius 1 is 1.50 bits per heavy atom. The summed E-state index contributed by atoms with van der Waals surface area (Å²) in [5, 5.41) is 9.79. The van der Waals surface area contributed by atoms with Gasteiger partial charge < -0.3 is 14.4 Å². The highest BCUT2D eigenvalue weighted by molar-refractivity contribution is 9.10. The number of halogens is 1. The van der Waals surface area contributed by atoms with Crippen LogP contribution in [0.5, 0.6) is 0 Å². The summed E-state index contributed by atoms with van der Waals surface area (Å²) in [5.41, 5.74) is 0.674. The fraction of sp³-hybridized carbons (Fsp3) is 0.308. The lowest BCUT2D eigenvalue weighted by Gasteiger charge is -2.17. The van der Waals surface area contributed by atoms with Crippen LogP contribution in [0.3, 0.4) is 0 Å². The third-order valence-corrected chi connectivity index (χ3v) is 3.45. The van der Waals surface area contributed by atoms with Gasteiger partial charge in [-0.05, 0) is 25.1 Å². The number of aliphatic hydroxyl groups is 1. The van der Waals surface area contributed by atoms with Crippen LogP contribution in [0.1, 0.15) is 17.5 Å². The highest BCUT2D eigenvalue weighted by Gasteiger charge is 2.18. The molecule has 1 N–H and O–H groups in total. The zero-order valence-corrected chi connectivity index (χ0v) is 11.6. The largest absolute Gasteiger partial charge is 0.451 e. The molecule has 0 saturated carbocycles. The number of carbonyl (C=O) groups excluding carboxylic acids is 1. The van der Waals surface area contributed by atoms with E-state index in [0.717, 1.165) is 9.86 Å². The van der Waals surface area contributed by atoms with Gasteiger partial charge in [-0.3, -0.25) is 4.79 Å². The van der Waals surface area contributed by atoms with Gasteiger partial charge in [0.05, 0.1) is 6.61 Å². The second-order valence-corrected chi connectivity index (χ2v) is 4.73. The lowest BCUT2D eigenvalue weighted by molar-refractivity contribution is 0.0702. The van der Waals surface area contributed by atoms with Crippen LogP contribution in [0, 0.1) is 0 Å². The average Bonchev–Trinajstić information content (AvgIpc) is 2.80. The Balaban J connectivity index is 2.36. The third-order valence-electron chi connectivity index (χ3n) is 2.76. The van der Waals surface area contributed by atoms with Crippen molar-refractivity contribution in [3.05, 3.63) is 34.5 Å². The number of aliphatic hydroxyl groups excluding tert-OH is 1. The summed E-state index contributed by atoms with van der Waals surface area (Å²) in [6, 6.07) is 7.30. The van der Waals surface area contributed by atoms with Crippen molar-refractivity contribution in [1.29, 1.82) is 0 Å². The van der Waals surface area contributed by atoms with Crippen molar-refractivity contribution in [1.82, 2.24) is 4.90 Å². The summed E-state index contributed by atoms with van der Waals surface area (Å²) in [7, 11) is 0. The third kappa shape index (κ3) is 2.42. The fourth-order valence-corrected chi connectivity index (χ4v) is 2.27. The van der Waals surface area contributed by atoms with E-state index in [1.807, 2.05) is 25.1 Å². The van der Waals surface area contributed by atoms with Crippen LogP contribution in [0.15, 0.2) is 33.2 Å². The van der Waals surface area contributed by atoms with E-state index in [0.29, 0.717) is 24.4 Å². The lowest BCUT2D eigenvalue weighted by Crippen LogP contribution is -2.33. The molecule has 0 aliphatic carbocycles. The molecule has 0 aliphatic heterocycles. The van der Waals surface area contributed by atoms with Gasteiger partial charge >= 0.3 is 0 Å². The SMILES string of the molecule is CCN(CCO)C(=O)c1cc2c(Br)cccc2o1. The van der Waals surface area contributed by atoms with Gasteiger partial charge in [0.1, 0.15) is 5.58 Å². The summed E-state index contributed by atoms with van der Waals surface area (Å²) in [6.07, 6.45) is 0. The van der Waals surface area contributed by atoms with Crippen molar-refractivity contribution >= 4 is 32.8 Å². The molecule has 0 saturated heterocycles. The molecule has 1 heterocycles. The number of fused-ring (bicyclic) bond motifs is 1. The highest BCUT2D eigenvalue weighted by Crippen LogP contribution is 2.27. The number of likely N-dealkylation sites (N-methyl/N-ethyl adjacent to an activating group) is 1. The molecule has 5 heteroatoms. The van der Waals surface area contributed by atoms with Crippen LogP contribution in [0.4, 0.5) is 0 Å². The molecule has 0 aliphatic rings. The highest BCUT2D eigenvalue weighted by atomic mass is 79.9. The van der Waals surface area contributed by atoms with Gasteiger partial charge in [0.15, 0.2) is 5.76 Å². The first-order valence-electron chi connectivity index (χ1n) is 5.75. The van der Waals surface area contributed by atoms with Crippen LogP contribution < -0.4 is 0 Å². The van der Waals surface area contributed by atoms with Crippen LogP contribution >= 0.6 is 15.9 Å². The van der Waals surface area contributed by atoms with E-state index < -0.39 is 0 Å². The van der Waals surface area contributed by atoms with Crippen LogP contribution in [-0.4, -0.2) is 35.6 Å². The molecule has 1 aromatic carbocycles. The molecule has 4 nitrogen and oxygen atoms in total. The number of amides is 1. The first kappa shape index (κ1) is 13.1. The van der Waals surface area contributed by atoms with E-state index in [2.05, 4.69) is 15.9 Å². The van der Waals surface area contributed by atoms with E-state index in [9.17, 15) is 4.79 Å². The molecule has 0 spiro atoms. The van der Waals surface area contributed by atoms with E-state index in [1.165, 1.54) is 0 Å². The molecule has 1 amide bonds. The predicted molar refractivity (Wildman–Crippen MR) is 72.6 cm³/mol. The van der Waals surface area contributed by atoms with Gasteiger partial charge in [0, 0.05) is 22.9 Å². The molecule has 2 aromatic rings. The maximum absolute atomic E-state index is 12.2. The number of furan rings is 1. The molecular weight excluding hydrogens is 298 g/mol. The molecule has 1 aromatic heterocycles. The topological polar surface area (TPSA) is 53.7 Å². The summed E-state index contributed by atoms with van der Waals surface area (Å²) in [4.78, 5) is 13.7. The van der Waals surface area contributed by atoms with Crippen molar-refractivity contribution in [3.8, 4) is 0 Å². The van der Waals surface area contributed by atoms with Crippen molar-refractivity contribution in [2.24, 2.45) is 0 Å². The molecule has 0 atom stereocenters. The Labute approximate surface area is 113 Å². The van der Waals surface area contributed by atoms with Crippen molar-refractivity contribution < 1.29 is 14.3 Å². The van der Waals surface area contributed by atoms with Crippen LogP contribution in [0.25, 0.3) is 11.0 Å². The molecule has 0 fully saturated rings. The number of carbonyl (C=O) groups is 1. The standard InChI is InChI=1S/C13H14BrNO3/c1-2-15(6-7-16)13(17)12-8-9-10(14)4-3-5-11(9)18-12/h3-5,8,16H,2,6-7H2,1H3. The second kappa shape index (κ2) is 5.54. The number of rotatable bonds is 4. The van der Waals surface area contributed by atoms with Gasteiger partial charge in [-0.1, -0.05) is 22.0 Å². The maximum atomic E-state index is 12.2. The van der Waals surface area contributed by atoms with Crippen molar-refractivity contribution in [2.45, 2.75) is 6.92 Å². The van der Waals surface area contributed by atoms with Gasteiger partial charge in [0.2, 0.25) is 0 Å². The number of hydrogen-bond acceptors (Lipinski definition) is 3. The van der Waals surface area contributed by atoms with Crippen LogP contribution in [-0.2, 0) is 0 Å². The van der Waals surface area contributed by atoms with Crippen molar-refractivity contribution in [2.75, 3.05) is 19.7 Å². The Morgan fingerprint density at radius 3 is 2.89 bits per heavy atom. The lowest BCUT2D eigenvalue weighted by atomic mass is 10.2. The molecule has 0 unspecified atom stereocenters. The second-order valence-electron chi connectivity index (χ2n) is 3.87. The number of hydrogen-bond donors (Lipinski definition) is 1. The summed E-state index contributed by atoms with van der Waals surface area (Å²) >= 11 is 3.42. The van der Waals surface area contributed by atoms with E-state index in [1.54, 1.807) is 11.0 Å². The summed E-state index contributed by atoms with van der Waals surface area (Å²) < 4.78 is 6.43. The van der Waals surface area contributed by atoms with E-state index in [-0.39, 0.29) is 12.5 Å². The zero-order chi connectivity index (χ0) is 13.1. The first-order valence-corrected chi connectivity index (χ1v) is 6.55. The summed E-state index contributed by atoms with van der Waals surface area (Å²) in [6.45, 7) is 2.67. The molecular formula is C13H14BrNO3. The number of benzene rings is 1. The smallest absolute Gasteiger partial charge is 0.289 e. The predicted octanol–water partition coefficient (Wildman–Crippen LogP) is 2.65.